The van der Waals surface area contributed by atoms with Crippen molar-refractivity contribution in [2.75, 3.05) is 33.0 Å². The highest BCUT2D eigenvalue weighted by Gasteiger charge is 2.16. The molecule has 19 heavy (non-hydrogen) atoms. The molecule has 0 aromatic heterocycles. The summed E-state index contributed by atoms with van der Waals surface area (Å²) in [4.78, 5) is 0. The smallest absolute Gasteiger partial charge is 0.127 e. The number of hydrogen-bond donors (Lipinski definition) is 2. The molecule has 1 aromatic rings. The Labute approximate surface area is 122 Å². The first kappa shape index (κ1) is 14.8. The summed E-state index contributed by atoms with van der Waals surface area (Å²) in [5, 5.41) is 12.0. The Balaban J connectivity index is 1.74. The fourth-order valence-corrected chi connectivity index (χ4v) is 2.72. The van der Waals surface area contributed by atoms with Crippen LogP contribution in [0.1, 0.15) is 17.5 Å². The Morgan fingerprint density at radius 1 is 1.37 bits per heavy atom. The Morgan fingerprint density at radius 2 is 2.26 bits per heavy atom. The highest BCUT2D eigenvalue weighted by atomic mass is 79.9. The van der Waals surface area contributed by atoms with Gasteiger partial charge in [0, 0.05) is 29.6 Å². The van der Waals surface area contributed by atoms with Crippen molar-refractivity contribution in [3.05, 3.63) is 27.7 Å². The van der Waals surface area contributed by atoms with Crippen LogP contribution in [0.15, 0.2) is 16.6 Å². The van der Waals surface area contributed by atoms with Gasteiger partial charge < -0.3 is 19.9 Å². The summed E-state index contributed by atoms with van der Waals surface area (Å²) in [6.07, 6.45) is 1.94. The van der Waals surface area contributed by atoms with Gasteiger partial charge in [0.25, 0.3) is 0 Å². The Hall–Kier alpha value is -0.620. The van der Waals surface area contributed by atoms with Crippen LogP contribution in [0.4, 0.5) is 0 Å². The molecule has 0 spiro atoms. The molecule has 1 heterocycles. The standard InChI is InChI=1S/C14H20BrNO3/c15-13-8-11-2-6-19-14(11)12(9-13)10-16-3-1-5-18-7-4-17/h8-9,16-17H,1-7,10H2. The van der Waals surface area contributed by atoms with E-state index in [1.807, 2.05) is 0 Å². The van der Waals surface area contributed by atoms with E-state index in [1.54, 1.807) is 0 Å². The van der Waals surface area contributed by atoms with E-state index in [4.69, 9.17) is 14.6 Å². The van der Waals surface area contributed by atoms with Gasteiger partial charge in [-0.15, -0.1) is 0 Å². The summed E-state index contributed by atoms with van der Waals surface area (Å²) >= 11 is 3.54. The van der Waals surface area contributed by atoms with Gasteiger partial charge in [0.05, 0.1) is 19.8 Å². The van der Waals surface area contributed by atoms with Crippen molar-refractivity contribution >= 4 is 15.9 Å². The van der Waals surface area contributed by atoms with Gasteiger partial charge in [0.1, 0.15) is 5.75 Å². The Bertz CT molecular complexity index is 412. The fraction of sp³-hybridized carbons (Fsp3) is 0.571. The number of benzene rings is 1. The summed E-state index contributed by atoms with van der Waals surface area (Å²) in [6.45, 7) is 3.69. The highest BCUT2D eigenvalue weighted by Crippen LogP contribution is 2.32. The van der Waals surface area contributed by atoms with E-state index in [0.29, 0.717) is 13.2 Å². The molecule has 5 heteroatoms. The predicted molar refractivity (Wildman–Crippen MR) is 77.6 cm³/mol. The summed E-state index contributed by atoms with van der Waals surface area (Å²) in [5.41, 5.74) is 2.50. The van der Waals surface area contributed by atoms with Gasteiger partial charge in [-0.25, -0.2) is 0 Å². The first-order chi connectivity index (χ1) is 9.31. The Morgan fingerprint density at radius 3 is 3.11 bits per heavy atom. The second-order valence-corrected chi connectivity index (χ2v) is 5.43. The van der Waals surface area contributed by atoms with Crippen molar-refractivity contribution in [1.29, 1.82) is 0 Å². The molecule has 2 N–H and O–H groups in total. The molecule has 1 aliphatic rings. The molecule has 0 unspecified atom stereocenters. The summed E-state index contributed by atoms with van der Waals surface area (Å²) in [6, 6.07) is 4.24. The van der Waals surface area contributed by atoms with Crippen LogP contribution in [0.5, 0.6) is 5.75 Å². The first-order valence-corrected chi connectivity index (χ1v) is 7.44. The lowest BCUT2D eigenvalue weighted by atomic mass is 10.1. The van der Waals surface area contributed by atoms with Gasteiger partial charge >= 0.3 is 0 Å². The summed E-state index contributed by atoms with van der Waals surface area (Å²) in [5.74, 6) is 1.05. The lowest BCUT2D eigenvalue weighted by Crippen LogP contribution is -2.17. The predicted octanol–water partition coefficient (Wildman–Crippen LogP) is 1.87. The monoisotopic (exact) mass is 329 g/mol. The van der Waals surface area contributed by atoms with Crippen LogP contribution < -0.4 is 10.1 Å². The van der Waals surface area contributed by atoms with Crippen molar-refractivity contribution in [2.45, 2.75) is 19.4 Å². The van der Waals surface area contributed by atoms with E-state index in [2.05, 4.69) is 33.4 Å². The van der Waals surface area contributed by atoms with E-state index in [0.717, 1.165) is 42.8 Å². The Kier molecular flexibility index (Phi) is 6.10. The number of fused-ring (bicyclic) bond motifs is 1. The van der Waals surface area contributed by atoms with Crippen molar-refractivity contribution in [2.24, 2.45) is 0 Å². The third kappa shape index (κ3) is 4.45. The maximum absolute atomic E-state index is 8.57. The zero-order chi connectivity index (χ0) is 13.5. The number of halogens is 1. The van der Waals surface area contributed by atoms with Crippen LogP contribution in [0.25, 0.3) is 0 Å². The molecule has 106 valence electrons. The molecular weight excluding hydrogens is 310 g/mol. The van der Waals surface area contributed by atoms with Gasteiger partial charge in [-0.05, 0) is 30.7 Å². The minimum absolute atomic E-state index is 0.0922. The van der Waals surface area contributed by atoms with E-state index in [1.165, 1.54) is 11.1 Å². The maximum Gasteiger partial charge on any atom is 0.127 e. The topological polar surface area (TPSA) is 50.7 Å². The average molecular weight is 330 g/mol. The van der Waals surface area contributed by atoms with E-state index < -0.39 is 0 Å². The van der Waals surface area contributed by atoms with Gasteiger partial charge in [-0.3, -0.25) is 0 Å². The lowest BCUT2D eigenvalue weighted by Gasteiger charge is -2.10. The molecule has 1 aromatic carbocycles. The SMILES string of the molecule is OCCOCCCNCc1cc(Br)cc2c1OCC2. The molecule has 1 aliphatic heterocycles. The zero-order valence-electron chi connectivity index (χ0n) is 11.0. The molecule has 0 bridgehead atoms. The van der Waals surface area contributed by atoms with Crippen LogP contribution in [0, 0.1) is 0 Å². The van der Waals surface area contributed by atoms with Crippen LogP contribution in [-0.4, -0.2) is 38.1 Å². The largest absolute Gasteiger partial charge is 0.493 e. The molecule has 0 atom stereocenters. The molecule has 0 fully saturated rings. The summed E-state index contributed by atoms with van der Waals surface area (Å²) < 4.78 is 12.0. The van der Waals surface area contributed by atoms with Gasteiger partial charge in [-0.2, -0.15) is 0 Å². The average Bonchev–Trinajstić information content (AvgIpc) is 2.85. The van der Waals surface area contributed by atoms with E-state index in [9.17, 15) is 0 Å². The highest BCUT2D eigenvalue weighted by molar-refractivity contribution is 9.10. The maximum atomic E-state index is 8.57. The number of aliphatic hydroxyl groups excluding tert-OH is 1. The van der Waals surface area contributed by atoms with Crippen molar-refractivity contribution < 1.29 is 14.6 Å². The van der Waals surface area contributed by atoms with E-state index >= 15 is 0 Å². The first-order valence-electron chi connectivity index (χ1n) is 6.64. The molecule has 0 amide bonds. The van der Waals surface area contributed by atoms with Crippen molar-refractivity contribution in [1.82, 2.24) is 5.32 Å². The van der Waals surface area contributed by atoms with Crippen LogP contribution in [-0.2, 0) is 17.7 Å². The van der Waals surface area contributed by atoms with Crippen LogP contribution >= 0.6 is 15.9 Å². The minimum Gasteiger partial charge on any atom is -0.493 e. The zero-order valence-corrected chi connectivity index (χ0v) is 12.5. The molecule has 4 nitrogen and oxygen atoms in total. The number of ether oxygens (including phenoxy) is 2. The second kappa shape index (κ2) is 7.85. The number of nitrogens with one attached hydrogen (secondary N) is 1. The van der Waals surface area contributed by atoms with E-state index in [-0.39, 0.29) is 6.61 Å². The lowest BCUT2D eigenvalue weighted by molar-refractivity contribution is 0.0907. The molecular formula is C14H20BrNO3. The third-order valence-corrected chi connectivity index (χ3v) is 3.48. The van der Waals surface area contributed by atoms with Crippen molar-refractivity contribution in [3.8, 4) is 5.75 Å². The van der Waals surface area contributed by atoms with Crippen LogP contribution in [0.3, 0.4) is 0 Å². The molecule has 0 radical (unpaired) electrons. The number of hydrogen-bond acceptors (Lipinski definition) is 4. The molecule has 0 saturated heterocycles. The number of rotatable bonds is 8. The normalized spacial score (nSPS) is 13.4. The van der Waals surface area contributed by atoms with Gasteiger partial charge in [0.2, 0.25) is 0 Å². The number of aliphatic hydroxyl groups is 1. The summed E-state index contributed by atoms with van der Waals surface area (Å²) in [7, 11) is 0. The second-order valence-electron chi connectivity index (χ2n) is 4.52. The quantitative estimate of drug-likeness (QED) is 0.715. The van der Waals surface area contributed by atoms with Crippen molar-refractivity contribution in [3.63, 3.8) is 0 Å². The van der Waals surface area contributed by atoms with Gasteiger partial charge in [-0.1, -0.05) is 15.9 Å². The molecule has 2 rings (SSSR count). The third-order valence-electron chi connectivity index (χ3n) is 3.02. The minimum atomic E-state index is 0.0922. The molecule has 0 saturated carbocycles. The fourth-order valence-electron chi connectivity index (χ4n) is 2.17. The molecule has 0 aliphatic carbocycles. The van der Waals surface area contributed by atoms with Crippen LogP contribution in [0.2, 0.25) is 0 Å². The van der Waals surface area contributed by atoms with Gasteiger partial charge in [0.15, 0.2) is 0 Å².